The Morgan fingerprint density at radius 3 is 2.75 bits per heavy atom. The fourth-order valence-electron chi connectivity index (χ4n) is 1.65. The van der Waals surface area contributed by atoms with Crippen LogP contribution in [-0.4, -0.2) is 18.0 Å². The van der Waals surface area contributed by atoms with Crippen molar-refractivity contribution in [2.75, 3.05) is 13.0 Å². The van der Waals surface area contributed by atoms with Crippen molar-refractivity contribution < 1.29 is 4.74 Å². The molecule has 0 radical (unpaired) electrons. The molecule has 1 heterocycles. The molecule has 0 fully saturated rings. The summed E-state index contributed by atoms with van der Waals surface area (Å²) in [7, 11) is 1.70. The highest BCUT2D eigenvalue weighted by atomic mass is 35.5. The number of aryl methyl sites for hydroxylation is 1. The summed E-state index contributed by atoms with van der Waals surface area (Å²) >= 11 is 5.60. The van der Waals surface area contributed by atoms with Crippen LogP contribution in [0.2, 0.25) is 0 Å². The van der Waals surface area contributed by atoms with E-state index in [9.17, 15) is 0 Å². The summed E-state index contributed by atoms with van der Waals surface area (Å²) in [5, 5.41) is 0. The van der Waals surface area contributed by atoms with Crippen molar-refractivity contribution in [3.63, 3.8) is 0 Å². The maximum absolute atomic E-state index is 5.60. The predicted octanol–water partition coefficient (Wildman–Crippen LogP) is 3.43. The number of methoxy groups -OCH3 is 1. The molecule has 0 unspecified atom stereocenters. The van der Waals surface area contributed by atoms with Crippen molar-refractivity contribution in [1.82, 2.24) is 4.98 Å². The number of allylic oxidation sites excluding steroid dienone is 2. The van der Waals surface area contributed by atoms with E-state index in [-0.39, 0.29) is 0 Å². The highest BCUT2D eigenvalue weighted by Crippen LogP contribution is 2.24. The molecule has 0 saturated heterocycles. The van der Waals surface area contributed by atoms with Crippen LogP contribution in [-0.2, 0) is 6.42 Å². The summed E-state index contributed by atoms with van der Waals surface area (Å²) in [5.41, 5.74) is 3.26. The van der Waals surface area contributed by atoms with E-state index >= 15 is 0 Å². The monoisotopic (exact) mass is 239 g/mol. The van der Waals surface area contributed by atoms with Crippen LogP contribution in [0.4, 0.5) is 0 Å². The van der Waals surface area contributed by atoms with Crippen LogP contribution in [0.3, 0.4) is 0 Å². The maximum atomic E-state index is 5.60. The van der Waals surface area contributed by atoms with Gasteiger partial charge >= 0.3 is 0 Å². The van der Waals surface area contributed by atoms with Gasteiger partial charge in [0.1, 0.15) is 5.75 Å². The summed E-state index contributed by atoms with van der Waals surface area (Å²) in [6.45, 7) is 4.05. The fourth-order valence-corrected chi connectivity index (χ4v) is 1.78. The number of hydrogen-bond acceptors (Lipinski definition) is 2. The lowest BCUT2D eigenvalue weighted by molar-refractivity contribution is 0.407. The zero-order valence-corrected chi connectivity index (χ0v) is 10.8. The second-order valence-corrected chi connectivity index (χ2v) is 4.08. The van der Waals surface area contributed by atoms with Crippen LogP contribution in [0.1, 0.15) is 23.2 Å². The maximum Gasteiger partial charge on any atom is 0.128 e. The van der Waals surface area contributed by atoms with Crippen molar-refractivity contribution in [3.05, 3.63) is 35.2 Å². The van der Waals surface area contributed by atoms with Crippen molar-refractivity contribution in [1.29, 1.82) is 0 Å². The van der Waals surface area contributed by atoms with Gasteiger partial charge in [-0.15, -0.1) is 11.6 Å². The van der Waals surface area contributed by atoms with Gasteiger partial charge in [-0.3, -0.25) is 4.98 Å². The van der Waals surface area contributed by atoms with Gasteiger partial charge in [0.15, 0.2) is 0 Å². The number of halogens is 1. The lowest BCUT2D eigenvalue weighted by atomic mass is 10.1. The first-order valence-corrected chi connectivity index (χ1v) is 5.94. The molecule has 0 amide bonds. The molecule has 1 aromatic heterocycles. The Kier molecular flexibility index (Phi) is 5.33. The van der Waals surface area contributed by atoms with E-state index in [0.717, 1.165) is 35.4 Å². The van der Waals surface area contributed by atoms with Crippen LogP contribution in [0, 0.1) is 13.8 Å². The average Bonchev–Trinajstić information content (AvgIpc) is 2.28. The molecule has 0 aliphatic rings. The van der Waals surface area contributed by atoms with Crippen LogP contribution in [0.15, 0.2) is 18.3 Å². The Bertz CT molecular complexity index is 374. The molecule has 1 aromatic rings. The number of ether oxygens (including phenoxy) is 1. The molecular weight excluding hydrogens is 222 g/mol. The lowest BCUT2D eigenvalue weighted by Gasteiger charge is -2.10. The Hall–Kier alpha value is -1.02. The molecule has 0 saturated carbocycles. The zero-order chi connectivity index (χ0) is 12.0. The SMILES string of the molecule is COc1c(C)cnc(CC=CCCCl)c1C. The van der Waals surface area contributed by atoms with Gasteiger partial charge in [-0.25, -0.2) is 0 Å². The van der Waals surface area contributed by atoms with E-state index in [1.54, 1.807) is 7.11 Å². The molecule has 0 aliphatic heterocycles. The van der Waals surface area contributed by atoms with E-state index in [1.165, 1.54) is 0 Å². The first-order valence-electron chi connectivity index (χ1n) is 5.40. The minimum absolute atomic E-state index is 0.667. The van der Waals surface area contributed by atoms with Gasteiger partial charge in [0.25, 0.3) is 0 Å². The largest absolute Gasteiger partial charge is 0.496 e. The number of alkyl halides is 1. The smallest absolute Gasteiger partial charge is 0.128 e. The number of hydrogen-bond donors (Lipinski definition) is 0. The van der Waals surface area contributed by atoms with E-state index < -0.39 is 0 Å². The van der Waals surface area contributed by atoms with Gasteiger partial charge in [-0.05, 0) is 20.3 Å². The molecule has 3 heteroatoms. The Morgan fingerprint density at radius 2 is 2.12 bits per heavy atom. The third kappa shape index (κ3) is 3.24. The minimum atomic E-state index is 0.667. The van der Waals surface area contributed by atoms with Crippen molar-refractivity contribution >= 4 is 11.6 Å². The number of aromatic nitrogens is 1. The summed E-state index contributed by atoms with van der Waals surface area (Å²) in [4.78, 5) is 4.42. The molecule has 0 atom stereocenters. The van der Waals surface area contributed by atoms with E-state index in [2.05, 4.69) is 17.1 Å². The minimum Gasteiger partial charge on any atom is -0.496 e. The van der Waals surface area contributed by atoms with E-state index in [4.69, 9.17) is 16.3 Å². The molecule has 2 nitrogen and oxygen atoms in total. The fraction of sp³-hybridized carbons (Fsp3) is 0.462. The van der Waals surface area contributed by atoms with E-state index in [1.807, 2.05) is 20.0 Å². The normalized spacial score (nSPS) is 11.0. The summed E-state index contributed by atoms with van der Waals surface area (Å²) in [5.74, 6) is 1.61. The molecule has 16 heavy (non-hydrogen) atoms. The Labute approximate surface area is 102 Å². The molecule has 0 bridgehead atoms. The van der Waals surface area contributed by atoms with Crippen LogP contribution in [0.25, 0.3) is 0 Å². The molecule has 0 aliphatic carbocycles. The zero-order valence-electron chi connectivity index (χ0n) is 10.1. The highest BCUT2D eigenvalue weighted by Gasteiger charge is 2.07. The number of nitrogens with zero attached hydrogens (tertiary/aromatic N) is 1. The van der Waals surface area contributed by atoms with Crippen LogP contribution >= 0.6 is 11.6 Å². The second kappa shape index (κ2) is 6.54. The summed E-state index contributed by atoms with van der Waals surface area (Å²) in [6, 6.07) is 0. The second-order valence-electron chi connectivity index (χ2n) is 3.70. The summed E-state index contributed by atoms with van der Waals surface area (Å²) < 4.78 is 5.36. The average molecular weight is 240 g/mol. The quantitative estimate of drug-likeness (QED) is 0.580. The third-order valence-electron chi connectivity index (χ3n) is 2.50. The van der Waals surface area contributed by atoms with Crippen molar-refractivity contribution in [3.8, 4) is 5.75 Å². The Morgan fingerprint density at radius 1 is 1.38 bits per heavy atom. The van der Waals surface area contributed by atoms with Gasteiger partial charge < -0.3 is 4.74 Å². The molecule has 1 rings (SSSR count). The Balaban J connectivity index is 2.81. The molecular formula is C13H18ClNO. The van der Waals surface area contributed by atoms with Crippen molar-refractivity contribution in [2.24, 2.45) is 0 Å². The third-order valence-corrected chi connectivity index (χ3v) is 2.72. The van der Waals surface area contributed by atoms with E-state index in [0.29, 0.717) is 5.88 Å². The number of rotatable bonds is 5. The van der Waals surface area contributed by atoms with Gasteiger partial charge in [0.2, 0.25) is 0 Å². The van der Waals surface area contributed by atoms with Gasteiger partial charge in [0.05, 0.1) is 12.8 Å². The first-order chi connectivity index (χ1) is 7.70. The topological polar surface area (TPSA) is 22.1 Å². The van der Waals surface area contributed by atoms with Gasteiger partial charge in [-0.1, -0.05) is 12.2 Å². The summed E-state index contributed by atoms with van der Waals surface area (Å²) in [6.07, 6.45) is 7.78. The standard InChI is InChI=1S/C13H18ClNO/c1-10-9-15-12(7-5-4-6-8-14)11(2)13(10)16-3/h4-5,9H,6-8H2,1-3H3. The number of pyridine rings is 1. The first kappa shape index (κ1) is 13.0. The van der Waals surface area contributed by atoms with Crippen LogP contribution < -0.4 is 4.74 Å². The molecule has 0 N–H and O–H groups in total. The molecule has 88 valence electrons. The van der Waals surface area contributed by atoms with Crippen LogP contribution in [0.5, 0.6) is 5.75 Å². The molecule has 0 spiro atoms. The molecule has 0 aromatic carbocycles. The van der Waals surface area contributed by atoms with Gasteiger partial charge in [-0.2, -0.15) is 0 Å². The lowest BCUT2D eigenvalue weighted by Crippen LogP contribution is -1.98. The van der Waals surface area contributed by atoms with Gasteiger partial charge in [0, 0.05) is 29.6 Å². The van der Waals surface area contributed by atoms with Crippen molar-refractivity contribution in [2.45, 2.75) is 26.7 Å². The predicted molar refractivity (Wildman–Crippen MR) is 68.4 cm³/mol. The highest BCUT2D eigenvalue weighted by molar-refractivity contribution is 6.17.